The summed E-state index contributed by atoms with van der Waals surface area (Å²) in [5.41, 5.74) is 1.23. The van der Waals surface area contributed by atoms with Crippen molar-refractivity contribution in [1.82, 2.24) is 9.80 Å². The topological polar surface area (TPSA) is 97.4 Å². The van der Waals surface area contributed by atoms with Crippen molar-refractivity contribution in [2.45, 2.75) is 58.1 Å². The van der Waals surface area contributed by atoms with Crippen molar-refractivity contribution in [2.24, 2.45) is 11.8 Å². The van der Waals surface area contributed by atoms with Crippen molar-refractivity contribution >= 4 is 23.4 Å². The van der Waals surface area contributed by atoms with Crippen LogP contribution in [0.4, 0.5) is 5.69 Å². The molecule has 2 aromatic carbocycles. The molecule has 9 heteroatoms. The van der Waals surface area contributed by atoms with Crippen LogP contribution in [0.1, 0.15) is 66.7 Å². The molecule has 3 atom stereocenters. The summed E-state index contributed by atoms with van der Waals surface area (Å²) in [6.07, 6.45) is 4.94. The molecule has 0 spiro atoms. The highest BCUT2D eigenvalue weighted by atomic mass is 16.5. The van der Waals surface area contributed by atoms with E-state index in [1.54, 1.807) is 68.6 Å². The van der Waals surface area contributed by atoms with Gasteiger partial charge in [-0.15, -0.1) is 0 Å². The van der Waals surface area contributed by atoms with E-state index in [0.29, 0.717) is 41.4 Å². The van der Waals surface area contributed by atoms with E-state index in [1.807, 2.05) is 11.8 Å². The molecule has 0 saturated heterocycles. The van der Waals surface area contributed by atoms with Crippen molar-refractivity contribution in [3.8, 4) is 11.5 Å². The van der Waals surface area contributed by atoms with E-state index in [9.17, 15) is 14.4 Å². The number of hydrogen-bond donors (Lipinski definition) is 1. The van der Waals surface area contributed by atoms with Crippen LogP contribution < -0.4 is 14.8 Å². The second-order valence-electron chi connectivity index (χ2n) is 11.3. The van der Waals surface area contributed by atoms with E-state index in [4.69, 9.17) is 14.2 Å². The first kappa shape index (κ1) is 30.4. The number of methoxy groups -OCH3 is 2. The summed E-state index contributed by atoms with van der Waals surface area (Å²) in [5, 5.41) is 2.88. The Labute approximate surface area is 243 Å². The Morgan fingerprint density at radius 3 is 2.46 bits per heavy atom. The zero-order valence-corrected chi connectivity index (χ0v) is 24.9. The van der Waals surface area contributed by atoms with E-state index in [-0.39, 0.29) is 48.3 Å². The zero-order chi connectivity index (χ0) is 29.5. The molecule has 1 N–H and O–H groups in total. The molecule has 2 aromatic rings. The van der Waals surface area contributed by atoms with Gasteiger partial charge in [0.05, 0.1) is 24.8 Å². The summed E-state index contributed by atoms with van der Waals surface area (Å²) < 4.78 is 17.3. The largest absolute Gasteiger partial charge is 0.497 e. The molecule has 3 amide bonds. The second kappa shape index (κ2) is 13.9. The molecule has 4 rings (SSSR count). The number of benzene rings is 2. The molecule has 1 saturated carbocycles. The molecule has 9 nitrogen and oxygen atoms in total. The van der Waals surface area contributed by atoms with E-state index >= 15 is 0 Å². The van der Waals surface area contributed by atoms with Gasteiger partial charge in [-0.25, -0.2) is 0 Å². The second-order valence-corrected chi connectivity index (χ2v) is 11.3. The standard InChI is InChI=1S/C32H43N3O6/c1-21-18-35(31(37)23-10-7-6-8-11-23)22(2)20-41-28-15-14-25(17-27(28)32(38)34(3)19-29(21)40-5)33-30(36)24-12-9-13-26(16-24)39-4/h9,12-17,21-23,29H,6-8,10-11,18-20H2,1-5H3,(H,33,36)/t21-,22-,29-/m1/s1. The summed E-state index contributed by atoms with van der Waals surface area (Å²) in [4.78, 5) is 43.9. The van der Waals surface area contributed by atoms with Gasteiger partial charge >= 0.3 is 0 Å². The summed E-state index contributed by atoms with van der Waals surface area (Å²) >= 11 is 0. The third kappa shape index (κ3) is 7.38. The number of likely N-dealkylation sites (N-methyl/N-ethyl adjacent to an activating group) is 1. The highest BCUT2D eigenvalue weighted by molar-refractivity contribution is 6.05. The maximum atomic E-state index is 13.7. The lowest BCUT2D eigenvalue weighted by atomic mass is 9.87. The van der Waals surface area contributed by atoms with E-state index < -0.39 is 0 Å². The Bertz CT molecular complexity index is 1230. The number of rotatable bonds is 5. The van der Waals surface area contributed by atoms with Crippen LogP contribution in [0.15, 0.2) is 42.5 Å². The maximum Gasteiger partial charge on any atom is 0.257 e. The molecule has 1 aliphatic carbocycles. The van der Waals surface area contributed by atoms with E-state index in [2.05, 4.69) is 12.2 Å². The van der Waals surface area contributed by atoms with E-state index in [1.165, 1.54) is 6.42 Å². The van der Waals surface area contributed by atoms with Crippen molar-refractivity contribution in [3.63, 3.8) is 0 Å². The van der Waals surface area contributed by atoms with Gasteiger partial charge in [0.1, 0.15) is 18.1 Å². The van der Waals surface area contributed by atoms with Gasteiger partial charge in [0.2, 0.25) is 5.91 Å². The maximum absolute atomic E-state index is 13.7. The summed E-state index contributed by atoms with van der Waals surface area (Å²) in [7, 11) is 4.92. The Balaban J connectivity index is 1.62. The number of carbonyl (C=O) groups is 3. The predicted octanol–water partition coefficient (Wildman–Crippen LogP) is 4.86. The van der Waals surface area contributed by atoms with Crippen LogP contribution in [0.2, 0.25) is 0 Å². The van der Waals surface area contributed by atoms with Crippen LogP contribution in [0, 0.1) is 11.8 Å². The average molecular weight is 566 g/mol. The molecule has 41 heavy (non-hydrogen) atoms. The molecule has 1 aliphatic heterocycles. The minimum atomic E-state index is -0.322. The molecule has 0 radical (unpaired) electrons. The van der Waals surface area contributed by atoms with Crippen molar-refractivity contribution in [1.29, 1.82) is 0 Å². The average Bonchev–Trinajstić information content (AvgIpc) is 3.00. The molecule has 0 aromatic heterocycles. The van der Waals surface area contributed by atoms with Gasteiger partial charge in [-0.05, 0) is 56.2 Å². The van der Waals surface area contributed by atoms with Gasteiger partial charge in [-0.3, -0.25) is 14.4 Å². The van der Waals surface area contributed by atoms with Crippen molar-refractivity contribution < 1.29 is 28.6 Å². The lowest BCUT2D eigenvalue weighted by Crippen LogP contribution is -2.50. The fourth-order valence-corrected chi connectivity index (χ4v) is 5.71. The summed E-state index contributed by atoms with van der Waals surface area (Å²) in [6, 6.07) is 11.7. The minimum absolute atomic E-state index is 0.00220. The third-order valence-electron chi connectivity index (χ3n) is 8.27. The molecule has 2 aliphatic rings. The van der Waals surface area contributed by atoms with Crippen molar-refractivity contribution in [2.75, 3.05) is 46.3 Å². The van der Waals surface area contributed by atoms with E-state index in [0.717, 1.165) is 25.7 Å². The Hall–Kier alpha value is -3.59. The SMILES string of the molecule is COc1cccc(C(=O)Nc2ccc3c(c2)C(=O)N(C)C[C@@H](OC)[C@H](C)CN(C(=O)C2CCCCC2)[C@H](C)CO3)c1. The Morgan fingerprint density at radius 2 is 1.76 bits per heavy atom. The quantitative estimate of drug-likeness (QED) is 0.556. The normalized spacial score (nSPS) is 22.6. The predicted molar refractivity (Wildman–Crippen MR) is 158 cm³/mol. The van der Waals surface area contributed by atoms with Gasteiger partial charge in [-0.1, -0.05) is 32.3 Å². The van der Waals surface area contributed by atoms with Gasteiger partial charge < -0.3 is 29.3 Å². The fraction of sp³-hybridized carbons (Fsp3) is 0.531. The van der Waals surface area contributed by atoms with Crippen LogP contribution in [-0.4, -0.2) is 80.6 Å². The number of fused-ring (bicyclic) bond motifs is 1. The van der Waals surface area contributed by atoms with Crippen LogP contribution in [-0.2, 0) is 9.53 Å². The van der Waals surface area contributed by atoms with Crippen LogP contribution in [0.5, 0.6) is 11.5 Å². The first-order valence-electron chi connectivity index (χ1n) is 14.5. The first-order chi connectivity index (χ1) is 19.7. The first-order valence-corrected chi connectivity index (χ1v) is 14.5. The Morgan fingerprint density at radius 1 is 1.00 bits per heavy atom. The highest BCUT2D eigenvalue weighted by Crippen LogP contribution is 2.29. The number of anilines is 1. The third-order valence-corrected chi connectivity index (χ3v) is 8.27. The van der Waals surface area contributed by atoms with Crippen LogP contribution in [0.3, 0.4) is 0 Å². The smallest absolute Gasteiger partial charge is 0.257 e. The zero-order valence-electron chi connectivity index (χ0n) is 24.9. The Kier molecular flexibility index (Phi) is 10.3. The van der Waals surface area contributed by atoms with Crippen molar-refractivity contribution in [3.05, 3.63) is 53.6 Å². The lowest BCUT2D eigenvalue weighted by molar-refractivity contribution is -0.141. The molecule has 1 heterocycles. The molecule has 1 fully saturated rings. The number of amides is 3. The van der Waals surface area contributed by atoms with Gasteiger partial charge in [0.25, 0.3) is 11.8 Å². The van der Waals surface area contributed by atoms with Gasteiger partial charge in [-0.2, -0.15) is 0 Å². The molecular weight excluding hydrogens is 522 g/mol. The minimum Gasteiger partial charge on any atom is -0.497 e. The van der Waals surface area contributed by atoms with Gasteiger partial charge in [0, 0.05) is 50.3 Å². The number of nitrogens with zero attached hydrogens (tertiary/aromatic N) is 2. The number of carbonyl (C=O) groups excluding carboxylic acids is 3. The highest BCUT2D eigenvalue weighted by Gasteiger charge is 2.33. The van der Waals surface area contributed by atoms with Gasteiger partial charge in [0.15, 0.2) is 0 Å². The lowest BCUT2D eigenvalue weighted by Gasteiger charge is -2.38. The van der Waals surface area contributed by atoms with Crippen LogP contribution in [0.25, 0.3) is 0 Å². The molecule has 0 bridgehead atoms. The number of hydrogen-bond acceptors (Lipinski definition) is 6. The summed E-state index contributed by atoms with van der Waals surface area (Å²) in [6.45, 7) is 5.17. The number of nitrogens with one attached hydrogen (secondary N) is 1. The molecule has 0 unspecified atom stereocenters. The molecular formula is C32H43N3O6. The fourth-order valence-electron chi connectivity index (χ4n) is 5.71. The molecule has 222 valence electrons. The van der Waals surface area contributed by atoms with Crippen LogP contribution >= 0.6 is 0 Å². The number of ether oxygens (including phenoxy) is 3. The summed E-state index contributed by atoms with van der Waals surface area (Å²) in [5.74, 6) is 0.637. The monoisotopic (exact) mass is 565 g/mol.